The lowest BCUT2D eigenvalue weighted by molar-refractivity contribution is -0.141. The second kappa shape index (κ2) is 5.17. The van der Waals surface area contributed by atoms with Crippen molar-refractivity contribution in [2.45, 2.75) is 39.0 Å². The van der Waals surface area contributed by atoms with Crippen LogP contribution >= 0.6 is 0 Å². The van der Waals surface area contributed by atoms with Crippen LogP contribution in [0.1, 0.15) is 38.2 Å². The number of aliphatic carboxylic acids is 1. The molecule has 4 nitrogen and oxygen atoms in total. The molecule has 21 heavy (non-hydrogen) atoms. The van der Waals surface area contributed by atoms with Crippen molar-refractivity contribution >= 4 is 17.6 Å². The Morgan fingerprint density at radius 1 is 1.24 bits per heavy atom. The summed E-state index contributed by atoms with van der Waals surface area (Å²) in [4.78, 5) is 26.1. The van der Waals surface area contributed by atoms with E-state index in [1.54, 1.807) is 4.90 Å². The van der Waals surface area contributed by atoms with Crippen molar-refractivity contribution in [2.24, 2.45) is 11.3 Å². The van der Waals surface area contributed by atoms with E-state index in [0.717, 1.165) is 36.9 Å². The lowest BCUT2D eigenvalue weighted by Gasteiger charge is -2.37. The van der Waals surface area contributed by atoms with Crippen molar-refractivity contribution in [2.75, 3.05) is 11.4 Å². The Hall–Kier alpha value is -1.84. The van der Waals surface area contributed by atoms with Crippen LogP contribution in [0.25, 0.3) is 0 Å². The highest BCUT2D eigenvalue weighted by Crippen LogP contribution is 2.42. The summed E-state index contributed by atoms with van der Waals surface area (Å²) in [5.41, 5.74) is 1.53. The Kier molecular flexibility index (Phi) is 3.47. The minimum atomic E-state index is -0.820. The quantitative estimate of drug-likeness (QED) is 0.910. The highest BCUT2D eigenvalue weighted by atomic mass is 16.4. The van der Waals surface area contributed by atoms with Crippen molar-refractivity contribution in [1.29, 1.82) is 0 Å². The second-order valence-electron chi connectivity index (χ2n) is 6.55. The zero-order valence-corrected chi connectivity index (χ0v) is 12.3. The number of benzene rings is 1. The maximum Gasteiger partial charge on any atom is 0.308 e. The smallest absolute Gasteiger partial charge is 0.308 e. The number of para-hydroxylation sites is 1. The van der Waals surface area contributed by atoms with Crippen molar-refractivity contribution < 1.29 is 14.7 Å². The average molecular weight is 287 g/mol. The van der Waals surface area contributed by atoms with E-state index in [9.17, 15) is 14.7 Å². The van der Waals surface area contributed by atoms with E-state index in [1.807, 2.05) is 31.2 Å². The van der Waals surface area contributed by atoms with Crippen LogP contribution in [0.2, 0.25) is 0 Å². The molecule has 112 valence electrons. The molecule has 1 unspecified atom stereocenters. The Bertz CT molecular complexity index is 575. The molecule has 0 bridgehead atoms. The Labute approximate surface area is 124 Å². The Morgan fingerprint density at radius 3 is 2.57 bits per heavy atom. The first-order valence-electron chi connectivity index (χ1n) is 7.64. The van der Waals surface area contributed by atoms with Gasteiger partial charge >= 0.3 is 5.97 Å². The van der Waals surface area contributed by atoms with Crippen LogP contribution in [0, 0.1) is 11.3 Å². The first-order chi connectivity index (χ1) is 10.0. The Morgan fingerprint density at radius 2 is 1.90 bits per heavy atom. The average Bonchev–Trinajstić information content (AvgIpc) is 2.93. The molecule has 2 aliphatic rings. The third-order valence-electron chi connectivity index (χ3n) is 4.97. The minimum Gasteiger partial charge on any atom is -0.481 e. The van der Waals surface area contributed by atoms with Gasteiger partial charge < -0.3 is 10.0 Å². The van der Waals surface area contributed by atoms with Gasteiger partial charge in [0, 0.05) is 17.6 Å². The first kappa shape index (κ1) is 14.1. The fraction of sp³-hybridized carbons (Fsp3) is 0.529. The number of hydrogen-bond donors (Lipinski definition) is 1. The largest absolute Gasteiger partial charge is 0.481 e. The van der Waals surface area contributed by atoms with Gasteiger partial charge in [-0.15, -0.1) is 0 Å². The third kappa shape index (κ3) is 2.43. The summed E-state index contributed by atoms with van der Waals surface area (Å²) in [5, 5.41) is 9.35. The van der Waals surface area contributed by atoms with Gasteiger partial charge in [0.15, 0.2) is 0 Å². The molecule has 1 N–H and O–H groups in total. The molecule has 0 saturated heterocycles. The van der Waals surface area contributed by atoms with Crippen LogP contribution in [-0.2, 0) is 16.0 Å². The van der Waals surface area contributed by atoms with Gasteiger partial charge in [-0.1, -0.05) is 38.0 Å². The van der Waals surface area contributed by atoms with Gasteiger partial charge in [0.25, 0.3) is 0 Å². The maximum absolute atomic E-state index is 13.0. The number of hydrogen-bond acceptors (Lipinski definition) is 2. The van der Waals surface area contributed by atoms with Gasteiger partial charge in [0.2, 0.25) is 5.91 Å². The van der Waals surface area contributed by atoms with E-state index in [0.29, 0.717) is 13.0 Å². The van der Waals surface area contributed by atoms with Crippen LogP contribution in [0.5, 0.6) is 0 Å². The van der Waals surface area contributed by atoms with E-state index >= 15 is 0 Å². The first-order valence-corrected chi connectivity index (χ1v) is 7.64. The number of carboxylic acid groups (broad SMARTS) is 1. The van der Waals surface area contributed by atoms with Gasteiger partial charge in [-0.05, 0) is 30.9 Å². The third-order valence-corrected chi connectivity index (χ3v) is 4.97. The summed E-state index contributed by atoms with van der Waals surface area (Å²) in [7, 11) is 0. The molecule has 0 radical (unpaired) electrons. The van der Waals surface area contributed by atoms with Crippen molar-refractivity contribution in [3.05, 3.63) is 29.8 Å². The number of rotatable bonds is 2. The lowest BCUT2D eigenvalue weighted by Crippen LogP contribution is -2.48. The summed E-state index contributed by atoms with van der Waals surface area (Å²) in [5.74, 6) is -1.23. The summed E-state index contributed by atoms with van der Waals surface area (Å²) in [6.45, 7) is 2.32. The number of amides is 1. The SMILES string of the molecule is CC1(C(=O)N2CC(C(=O)O)Cc3ccccc32)CCCC1. The number of carboxylic acids is 1. The molecule has 1 amide bonds. The van der Waals surface area contributed by atoms with Gasteiger partial charge in [0.05, 0.1) is 5.92 Å². The van der Waals surface area contributed by atoms with Crippen molar-refractivity contribution in [1.82, 2.24) is 0 Å². The second-order valence-corrected chi connectivity index (χ2v) is 6.55. The molecule has 4 heteroatoms. The molecule has 1 aromatic rings. The van der Waals surface area contributed by atoms with Gasteiger partial charge in [-0.3, -0.25) is 9.59 Å². The number of fused-ring (bicyclic) bond motifs is 1. The minimum absolute atomic E-state index is 0.0957. The summed E-state index contributed by atoms with van der Waals surface area (Å²) in [6.07, 6.45) is 4.48. The summed E-state index contributed by atoms with van der Waals surface area (Å²) >= 11 is 0. The monoisotopic (exact) mass is 287 g/mol. The highest BCUT2D eigenvalue weighted by molar-refractivity contribution is 5.99. The molecule has 1 saturated carbocycles. The van der Waals surface area contributed by atoms with E-state index in [2.05, 4.69) is 0 Å². The van der Waals surface area contributed by atoms with Crippen LogP contribution in [0.4, 0.5) is 5.69 Å². The molecule has 1 heterocycles. The zero-order chi connectivity index (χ0) is 15.0. The molecule has 1 fully saturated rings. The molecular formula is C17H21NO3. The van der Waals surface area contributed by atoms with E-state index < -0.39 is 11.9 Å². The van der Waals surface area contributed by atoms with Crippen molar-refractivity contribution in [3.63, 3.8) is 0 Å². The standard InChI is InChI=1S/C17H21NO3/c1-17(8-4-5-9-17)16(21)18-11-13(15(19)20)10-12-6-2-3-7-14(12)18/h2-3,6-7,13H,4-5,8-11H2,1H3,(H,19,20). The van der Waals surface area contributed by atoms with Gasteiger partial charge in [-0.25, -0.2) is 0 Å². The van der Waals surface area contributed by atoms with E-state index in [-0.39, 0.29) is 11.3 Å². The molecule has 0 spiro atoms. The fourth-order valence-corrected chi connectivity index (χ4v) is 3.65. The molecular weight excluding hydrogens is 266 g/mol. The van der Waals surface area contributed by atoms with Crippen LogP contribution in [0.3, 0.4) is 0 Å². The molecule has 1 atom stereocenters. The molecule has 1 aromatic carbocycles. The fourth-order valence-electron chi connectivity index (χ4n) is 3.65. The lowest BCUT2D eigenvalue weighted by atomic mass is 9.84. The Balaban J connectivity index is 1.96. The number of carbonyl (C=O) groups is 2. The number of anilines is 1. The molecule has 1 aliphatic carbocycles. The summed E-state index contributed by atoms with van der Waals surface area (Å²) < 4.78 is 0. The van der Waals surface area contributed by atoms with E-state index in [1.165, 1.54) is 0 Å². The normalized spacial score (nSPS) is 23.7. The van der Waals surface area contributed by atoms with Crippen LogP contribution < -0.4 is 4.90 Å². The van der Waals surface area contributed by atoms with Gasteiger partial charge in [-0.2, -0.15) is 0 Å². The predicted octanol–water partition coefficient (Wildman–Crippen LogP) is 2.86. The van der Waals surface area contributed by atoms with Crippen LogP contribution in [-0.4, -0.2) is 23.5 Å². The predicted molar refractivity (Wildman–Crippen MR) is 80.2 cm³/mol. The summed E-state index contributed by atoms with van der Waals surface area (Å²) in [6, 6.07) is 7.69. The van der Waals surface area contributed by atoms with Crippen molar-refractivity contribution in [3.8, 4) is 0 Å². The molecule has 1 aliphatic heterocycles. The maximum atomic E-state index is 13.0. The highest BCUT2D eigenvalue weighted by Gasteiger charge is 2.42. The van der Waals surface area contributed by atoms with E-state index in [4.69, 9.17) is 0 Å². The number of carbonyl (C=O) groups excluding carboxylic acids is 1. The molecule has 0 aromatic heterocycles. The zero-order valence-electron chi connectivity index (χ0n) is 12.3. The topological polar surface area (TPSA) is 57.6 Å². The molecule has 3 rings (SSSR count). The number of nitrogens with zero attached hydrogens (tertiary/aromatic N) is 1. The van der Waals surface area contributed by atoms with Gasteiger partial charge in [0.1, 0.15) is 0 Å². The van der Waals surface area contributed by atoms with Crippen LogP contribution in [0.15, 0.2) is 24.3 Å².